The molecule has 2 rings (SSSR count). The van der Waals surface area contributed by atoms with Crippen LogP contribution in [0.3, 0.4) is 0 Å². The Kier molecular flexibility index (Phi) is 5.41. The SMILES string of the molecule is CN(C)CCOc1cc(NCC2CCO2)cc(C(=O)O)c1. The molecule has 0 bridgehead atoms. The number of hydrogen-bond donors (Lipinski definition) is 2. The van der Waals surface area contributed by atoms with Gasteiger partial charge in [0.2, 0.25) is 0 Å². The van der Waals surface area contributed by atoms with Crippen LogP contribution in [-0.2, 0) is 4.74 Å². The lowest BCUT2D eigenvalue weighted by molar-refractivity contribution is -0.0410. The molecule has 1 aromatic carbocycles. The molecule has 21 heavy (non-hydrogen) atoms. The van der Waals surface area contributed by atoms with Crippen molar-refractivity contribution >= 4 is 11.7 Å². The van der Waals surface area contributed by atoms with Crippen LogP contribution in [0.2, 0.25) is 0 Å². The Bertz CT molecular complexity index is 487. The monoisotopic (exact) mass is 294 g/mol. The summed E-state index contributed by atoms with van der Waals surface area (Å²) >= 11 is 0. The first-order valence-electron chi connectivity index (χ1n) is 7.06. The summed E-state index contributed by atoms with van der Waals surface area (Å²) in [5, 5.41) is 12.4. The second-order valence-corrected chi connectivity index (χ2v) is 5.37. The number of hydrogen-bond acceptors (Lipinski definition) is 5. The molecule has 6 nitrogen and oxygen atoms in total. The van der Waals surface area contributed by atoms with Crippen molar-refractivity contribution in [3.8, 4) is 5.75 Å². The van der Waals surface area contributed by atoms with Crippen LogP contribution in [-0.4, -0.2) is 62.5 Å². The van der Waals surface area contributed by atoms with E-state index < -0.39 is 5.97 Å². The zero-order valence-corrected chi connectivity index (χ0v) is 12.5. The maximum absolute atomic E-state index is 11.2. The van der Waals surface area contributed by atoms with Gasteiger partial charge in [-0.1, -0.05) is 0 Å². The zero-order chi connectivity index (χ0) is 15.2. The van der Waals surface area contributed by atoms with E-state index in [1.807, 2.05) is 25.1 Å². The van der Waals surface area contributed by atoms with Crippen LogP contribution in [0.1, 0.15) is 16.8 Å². The highest BCUT2D eigenvalue weighted by Gasteiger charge is 2.17. The quantitative estimate of drug-likeness (QED) is 0.757. The first-order valence-corrected chi connectivity index (χ1v) is 7.06. The number of likely N-dealkylation sites (N-methyl/N-ethyl adjacent to an activating group) is 1. The second-order valence-electron chi connectivity index (χ2n) is 5.37. The Morgan fingerprint density at radius 3 is 2.81 bits per heavy atom. The topological polar surface area (TPSA) is 71.0 Å². The molecule has 1 atom stereocenters. The van der Waals surface area contributed by atoms with Crippen LogP contribution in [0.4, 0.5) is 5.69 Å². The maximum Gasteiger partial charge on any atom is 0.335 e. The van der Waals surface area contributed by atoms with E-state index in [9.17, 15) is 4.79 Å². The molecular weight excluding hydrogens is 272 g/mol. The van der Waals surface area contributed by atoms with Crippen LogP contribution in [0.25, 0.3) is 0 Å². The second kappa shape index (κ2) is 7.28. The third kappa shape index (κ3) is 4.91. The molecule has 0 spiro atoms. The summed E-state index contributed by atoms with van der Waals surface area (Å²) in [7, 11) is 3.92. The van der Waals surface area contributed by atoms with Gasteiger partial charge >= 0.3 is 5.97 Å². The maximum atomic E-state index is 11.2. The molecule has 1 aliphatic heterocycles. The molecule has 1 aliphatic rings. The molecule has 116 valence electrons. The Morgan fingerprint density at radius 1 is 1.48 bits per heavy atom. The van der Waals surface area contributed by atoms with Crippen LogP contribution >= 0.6 is 0 Å². The van der Waals surface area contributed by atoms with Crippen molar-refractivity contribution < 1.29 is 19.4 Å². The number of carbonyl (C=O) groups is 1. The van der Waals surface area contributed by atoms with Gasteiger partial charge in [0.1, 0.15) is 12.4 Å². The highest BCUT2D eigenvalue weighted by Crippen LogP contribution is 2.22. The van der Waals surface area contributed by atoms with E-state index in [1.54, 1.807) is 12.1 Å². The van der Waals surface area contributed by atoms with Crippen molar-refractivity contribution in [2.45, 2.75) is 12.5 Å². The zero-order valence-electron chi connectivity index (χ0n) is 12.5. The van der Waals surface area contributed by atoms with Crippen LogP contribution in [0, 0.1) is 0 Å². The molecule has 0 aromatic heterocycles. The first-order chi connectivity index (χ1) is 10.0. The minimum Gasteiger partial charge on any atom is -0.492 e. The van der Waals surface area contributed by atoms with Gasteiger partial charge in [-0.3, -0.25) is 0 Å². The van der Waals surface area contributed by atoms with Crippen molar-refractivity contribution in [3.05, 3.63) is 23.8 Å². The average molecular weight is 294 g/mol. The number of aromatic carboxylic acids is 1. The van der Waals surface area contributed by atoms with Gasteiger partial charge < -0.3 is 24.8 Å². The molecule has 0 aliphatic carbocycles. The summed E-state index contributed by atoms with van der Waals surface area (Å²) in [6, 6.07) is 4.98. The number of ether oxygens (including phenoxy) is 2. The predicted octanol–water partition coefficient (Wildman–Crippen LogP) is 1.53. The number of rotatable bonds is 8. The Balaban J connectivity index is 2.00. The number of benzene rings is 1. The summed E-state index contributed by atoms with van der Waals surface area (Å²) in [4.78, 5) is 13.2. The molecule has 0 amide bonds. The number of carboxylic acids is 1. The van der Waals surface area contributed by atoms with Gasteiger partial charge in [0.15, 0.2) is 0 Å². The minimum atomic E-state index is -0.962. The van der Waals surface area contributed by atoms with Gasteiger partial charge in [-0.15, -0.1) is 0 Å². The molecule has 1 saturated heterocycles. The smallest absolute Gasteiger partial charge is 0.335 e. The third-order valence-corrected chi connectivity index (χ3v) is 3.29. The molecule has 0 saturated carbocycles. The minimum absolute atomic E-state index is 0.217. The van der Waals surface area contributed by atoms with Gasteiger partial charge in [-0.2, -0.15) is 0 Å². The number of carboxylic acid groups (broad SMARTS) is 1. The van der Waals surface area contributed by atoms with E-state index in [-0.39, 0.29) is 11.7 Å². The van der Waals surface area contributed by atoms with Gasteiger partial charge in [-0.05, 0) is 32.6 Å². The molecule has 2 N–H and O–H groups in total. The van der Waals surface area contributed by atoms with Crippen molar-refractivity contribution in [1.29, 1.82) is 0 Å². The van der Waals surface area contributed by atoms with E-state index in [2.05, 4.69) is 5.32 Å². The van der Waals surface area contributed by atoms with Gasteiger partial charge in [0, 0.05) is 31.5 Å². The fraction of sp³-hybridized carbons (Fsp3) is 0.533. The Labute approximate surface area is 124 Å². The molecule has 0 radical (unpaired) electrons. The summed E-state index contributed by atoms with van der Waals surface area (Å²) < 4.78 is 11.0. The van der Waals surface area contributed by atoms with Crippen molar-refractivity contribution in [2.75, 3.05) is 45.7 Å². The van der Waals surface area contributed by atoms with Gasteiger partial charge in [0.05, 0.1) is 11.7 Å². The number of anilines is 1. The lowest BCUT2D eigenvalue weighted by atomic mass is 10.1. The average Bonchev–Trinajstić information content (AvgIpc) is 2.36. The normalized spacial score (nSPS) is 17.4. The van der Waals surface area contributed by atoms with Crippen LogP contribution in [0.5, 0.6) is 5.75 Å². The summed E-state index contributed by atoms with van der Waals surface area (Å²) in [6.45, 7) is 2.78. The van der Waals surface area contributed by atoms with E-state index in [0.717, 1.165) is 25.3 Å². The summed E-state index contributed by atoms with van der Waals surface area (Å²) in [6.07, 6.45) is 1.26. The first kappa shape index (κ1) is 15.6. The lowest BCUT2D eigenvalue weighted by Crippen LogP contribution is -2.33. The molecule has 1 heterocycles. The molecular formula is C15H22N2O4. The van der Waals surface area contributed by atoms with Crippen molar-refractivity contribution in [2.24, 2.45) is 0 Å². The summed E-state index contributed by atoms with van der Waals surface area (Å²) in [5.41, 5.74) is 0.958. The molecule has 1 unspecified atom stereocenters. The van der Waals surface area contributed by atoms with Crippen molar-refractivity contribution in [1.82, 2.24) is 4.90 Å². The van der Waals surface area contributed by atoms with Gasteiger partial charge in [-0.25, -0.2) is 4.79 Å². The van der Waals surface area contributed by atoms with E-state index in [0.29, 0.717) is 18.9 Å². The summed E-state index contributed by atoms with van der Waals surface area (Å²) in [5.74, 6) is -0.398. The van der Waals surface area contributed by atoms with Crippen LogP contribution in [0.15, 0.2) is 18.2 Å². The fourth-order valence-corrected chi connectivity index (χ4v) is 1.93. The highest BCUT2D eigenvalue weighted by molar-refractivity contribution is 5.89. The Morgan fingerprint density at radius 2 is 2.24 bits per heavy atom. The van der Waals surface area contributed by atoms with Crippen molar-refractivity contribution in [3.63, 3.8) is 0 Å². The Hall–Kier alpha value is -1.79. The largest absolute Gasteiger partial charge is 0.492 e. The lowest BCUT2D eigenvalue weighted by Gasteiger charge is -2.27. The van der Waals surface area contributed by atoms with Crippen LogP contribution < -0.4 is 10.1 Å². The fourth-order valence-electron chi connectivity index (χ4n) is 1.93. The molecule has 6 heteroatoms. The number of nitrogens with zero attached hydrogens (tertiary/aromatic N) is 1. The predicted molar refractivity (Wildman–Crippen MR) is 80.3 cm³/mol. The molecule has 1 fully saturated rings. The van der Waals surface area contributed by atoms with Gasteiger partial charge in [0.25, 0.3) is 0 Å². The van der Waals surface area contributed by atoms with E-state index in [1.165, 1.54) is 0 Å². The van der Waals surface area contributed by atoms with E-state index in [4.69, 9.17) is 14.6 Å². The highest BCUT2D eigenvalue weighted by atomic mass is 16.5. The third-order valence-electron chi connectivity index (χ3n) is 3.29. The van der Waals surface area contributed by atoms with E-state index >= 15 is 0 Å². The standard InChI is InChI=1S/C15H22N2O4/c1-17(2)4-6-21-14-8-11(15(18)19)7-12(9-14)16-10-13-3-5-20-13/h7-9,13,16H,3-6,10H2,1-2H3,(H,18,19). The molecule has 1 aromatic rings. The number of nitrogens with one attached hydrogen (secondary N) is 1.